The van der Waals surface area contributed by atoms with Gasteiger partial charge in [0, 0.05) is 11.5 Å². The Morgan fingerprint density at radius 3 is 2.34 bits per heavy atom. The minimum absolute atomic E-state index is 0.0267. The Hall–Kier alpha value is -4.19. The van der Waals surface area contributed by atoms with Gasteiger partial charge in [-0.1, -0.05) is 80.5 Å². The van der Waals surface area contributed by atoms with E-state index >= 15 is 0 Å². The summed E-state index contributed by atoms with van der Waals surface area (Å²) in [6.45, 7) is 8.20. The first-order chi connectivity index (χ1) is 16.7. The molecule has 0 aliphatic carbocycles. The fraction of sp³-hybridized carbons (Fsp3) is 0.207. The molecular weight excluding hydrogens is 440 g/mol. The van der Waals surface area contributed by atoms with Gasteiger partial charge in [0.2, 0.25) is 5.76 Å². The minimum Gasteiger partial charge on any atom is -0.450 e. The summed E-state index contributed by atoms with van der Waals surface area (Å²) in [5, 5.41) is 6.28. The molecule has 1 aliphatic rings. The summed E-state index contributed by atoms with van der Waals surface area (Å²) in [6.07, 6.45) is 0. The molecule has 3 heterocycles. The number of hydrogen-bond acceptors (Lipinski definition) is 5. The Balaban J connectivity index is 1.63. The van der Waals surface area contributed by atoms with Gasteiger partial charge in [0.05, 0.1) is 17.0 Å². The van der Waals surface area contributed by atoms with Crippen LogP contribution in [0.4, 0.5) is 5.82 Å². The molecule has 6 heteroatoms. The highest BCUT2D eigenvalue weighted by Crippen LogP contribution is 2.42. The first-order valence-electron chi connectivity index (χ1n) is 11.6. The molecule has 1 unspecified atom stereocenters. The summed E-state index contributed by atoms with van der Waals surface area (Å²) in [6, 6.07) is 20.4. The number of aromatic nitrogens is 1. The van der Waals surface area contributed by atoms with Crippen molar-refractivity contribution in [3.8, 4) is 0 Å². The van der Waals surface area contributed by atoms with Crippen LogP contribution in [0.5, 0.6) is 0 Å². The zero-order valence-corrected chi connectivity index (χ0v) is 20.0. The number of nitrogens with zero attached hydrogens (tertiary/aromatic N) is 2. The SMILES string of the molecule is Cc1cc(N2C(=O)c3oc4c(ccc5ccccc54)c(=O)c3C2c2ccc(C(C)(C)C)cc2)no1. The lowest BCUT2D eigenvalue weighted by Gasteiger charge is -2.24. The first-order valence-corrected chi connectivity index (χ1v) is 11.6. The molecule has 1 aliphatic heterocycles. The van der Waals surface area contributed by atoms with E-state index in [2.05, 4.69) is 25.9 Å². The molecule has 0 N–H and O–H groups in total. The molecule has 0 spiro atoms. The van der Waals surface area contributed by atoms with E-state index in [0.717, 1.165) is 21.9 Å². The van der Waals surface area contributed by atoms with Crippen LogP contribution in [0.1, 0.15) is 59.8 Å². The van der Waals surface area contributed by atoms with Crippen LogP contribution in [0.3, 0.4) is 0 Å². The maximum absolute atomic E-state index is 13.9. The summed E-state index contributed by atoms with van der Waals surface area (Å²) in [5.74, 6) is 0.549. The van der Waals surface area contributed by atoms with Crippen molar-refractivity contribution in [2.45, 2.75) is 39.2 Å². The zero-order chi connectivity index (χ0) is 24.5. The van der Waals surface area contributed by atoms with Crippen LogP contribution in [0.25, 0.3) is 21.7 Å². The number of carbonyl (C=O) groups is 1. The quantitative estimate of drug-likeness (QED) is 0.287. The van der Waals surface area contributed by atoms with E-state index in [1.807, 2.05) is 54.6 Å². The number of rotatable bonds is 2. The van der Waals surface area contributed by atoms with Crippen molar-refractivity contribution in [1.29, 1.82) is 0 Å². The Labute approximate surface area is 201 Å². The predicted octanol–water partition coefficient (Wildman–Crippen LogP) is 6.29. The predicted molar refractivity (Wildman–Crippen MR) is 135 cm³/mol. The first kappa shape index (κ1) is 21.4. The van der Waals surface area contributed by atoms with E-state index in [4.69, 9.17) is 8.94 Å². The number of carbonyl (C=O) groups excluding carboxylic acids is 1. The average Bonchev–Trinajstić information content (AvgIpc) is 3.39. The Morgan fingerprint density at radius 2 is 1.66 bits per heavy atom. The second kappa shape index (κ2) is 7.40. The lowest BCUT2D eigenvalue weighted by atomic mass is 9.86. The molecule has 0 bridgehead atoms. The molecule has 1 atom stereocenters. The molecule has 0 saturated carbocycles. The summed E-state index contributed by atoms with van der Waals surface area (Å²) in [4.78, 5) is 29.2. The van der Waals surface area contributed by atoms with Gasteiger partial charge in [-0.15, -0.1) is 0 Å². The third-order valence-corrected chi connectivity index (χ3v) is 6.72. The fourth-order valence-electron chi connectivity index (χ4n) is 4.88. The zero-order valence-electron chi connectivity index (χ0n) is 20.0. The van der Waals surface area contributed by atoms with E-state index in [-0.39, 0.29) is 16.6 Å². The highest BCUT2D eigenvalue weighted by atomic mass is 16.5. The van der Waals surface area contributed by atoms with Crippen molar-refractivity contribution >= 4 is 33.5 Å². The van der Waals surface area contributed by atoms with E-state index in [1.165, 1.54) is 4.90 Å². The number of fused-ring (bicyclic) bond motifs is 4. The van der Waals surface area contributed by atoms with Crippen LogP contribution in [-0.2, 0) is 5.41 Å². The second-order valence-corrected chi connectivity index (χ2v) is 10.1. The number of aryl methyl sites for hydroxylation is 1. The number of amides is 1. The van der Waals surface area contributed by atoms with Gasteiger partial charge >= 0.3 is 0 Å². The molecule has 174 valence electrons. The van der Waals surface area contributed by atoms with Crippen molar-refractivity contribution in [3.63, 3.8) is 0 Å². The fourth-order valence-corrected chi connectivity index (χ4v) is 4.88. The third kappa shape index (κ3) is 3.21. The van der Waals surface area contributed by atoms with Gasteiger partial charge in [0.25, 0.3) is 5.91 Å². The maximum atomic E-state index is 13.9. The van der Waals surface area contributed by atoms with Crippen LogP contribution in [0.2, 0.25) is 0 Å². The van der Waals surface area contributed by atoms with Crippen LogP contribution in [0, 0.1) is 6.92 Å². The lowest BCUT2D eigenvalue weighted by molar-refractivity contribution is 0.0969. The molecular formula is C29H24N2O4. The van der Waals surface area contributed by atoms with Crippen molar-refractivity contribution in [2.75, 3.05) is 4.90 Å². The molecule has 35 heavy (non-hydrogen) atoms. The summed E-state index contributed by atoms with van der Waals surface area (Å²) >= 11 is 0. The van der Waals surface area contributed by atoms with E-state index < -0.39 is 11.9 Å². The molecule has 0 radical (unpaired) electrons. The van der Waals surface area contributed by atoms with Gasteiger partial charge in [-0.25, -0.2) is 0 Å². The van der Waals surface area contributed by atoms with E-state index in [1.54, 1.807) is 19.1 Å². The summed E-state index contributed by atoms with van der Waals surface area (Å²) in [5.41, 5.74) is 2.46. The molecule has 2 aromatic heterocycles. The number of anilines is 1. The molecule has 0 fully saturated rings. The van der Waals surface area contributed by atoms with Gasteiger partial charge in [-0.2, -0.15) is 0 Å². The van der Waals surface area contributed by atoms with Gasteiger partial charge < -0.3 is 8.94 Å². The van der Waals surface area contributed by atoms with Gasteiger partial charge in [0.1, 0.15) is 11.3 Å². The van der Waals surface area contributed by atoms with Crippen LogP contribution in [0.15, 0.2) is 80.5 Å². The largest absolute Gasteiger partial charge is 0.450 e. The number of benzene rings is 3. The van der Waals surface area contributed by atoms with Gasteiger partial charge in [-0.05, 0) is 34.9 Å². The van der Waals surface area contributed by atoms with Crippen molar-refractivity contribution < 1.29 is 13.7 Å². The summed E-state index contributed by atoms with van der Waals surface area (Å²) < 4.78 is 11.5. The average molecular weight is 465 g/mol. The van der Waals surface area contributed by atoms with Crippen LogP contribution < -0.4 is 10.3 Å². The molecule has 0 saturated heterocycles. The van der Waals surface area contributed by atoms with Gasteiger partial charge in [0.15, 0.2) is 11.2 Å². The van der Waals surface area contributed by atoms with E-state index in [9.17, 15) is 9.59 Å². The molecule has 6 nitrogen and oxygen atoms in total. The monoisotopic (exact) mass is 464 g/mol. The van der Waals surface area contributed by atoms with Gasteiger partial charge in [-0.3, -0.25) is 14.5 Å². The minimum atomic E-state index is -0.678. The van der Waals surface area contributed by atoms with Crippen molar-refractivity contribution in [3.05, 3.63) is 105 Å². The Bertz CT molecular complexity index is 1690. The topological polar surface area (TPSA) is 76.6 Å². The highest BCUT2D eigenvalue weighted by molar-refractivity contribution is 6.12. The molecule has 6 rings (SSSR count). The van der Waals surface area contributed by atoms with Crippen molar-refractivity contribution in [1.82, 2.24) is 5.16 Å². The molecule has 3 aromatic carbocycles. The smallest absolute Gasteiger partial charge is 0.296 e. The lowest BCUT2D eigenvalue weighted by Crippen LogP contribution is -2.29. The number of hydrogen-bond donors (Lipinski definition) is 0. The summed E-state index contributed by atoms with van der Waals surface area (Å²) in [7, 11) is 0. The van der Waals surface area contributed by atoms with Crippen LogP contribution >= 0.6 is 0 Å². The Kier molecular flexibility index (Phi) is 4.52. The maximum Gasteiger partial charge on any atom is 0.296 e. The molecule has 1 amide bonds. The molecule has 5 aromatic rings. The normalized spacial score (nSPS) is 15.8. The van der Waals surface area contributed by atoms with Crippen LogP contribution in [-0.4, -0.2) is 11.1 Å². The standard InChI is InChI=1S/C29H24N2O4/c1-16-15-22(30-35-16)31-24(18-9-12-19(13-10-18)29(2,3)4)23-25(32)21-14-11-17-7-5-6-8-20(17)26(21)34-27(23)28(31)33/h5-15,24H,1-4H3. The highest BCUT2D eigenvalue weighted by Gasteiger charge is 2.45. The Morgan fingerprint density at radius 1 is 0.914 bits per heavy atom. The van der Waals surface area contributed by atoms with E-state index in [0.29, 0.717) is 28.1 Å². The third-order valence-electron chi connectivity index (χ3n) is 6.72. The van der Waals surface area contributed by atoms with Crippen molar-refractivity contribution in [2.24, 2.45) is 0 Å². The second-order valence-electron chi connectivity index (χ2n) is 10.1.